The lowest BCUT2D eigenvalue weighted by atomic mass is 9.81. The van der Waals surface area contributed by atoms with Gasteiger partial charge in [0, 0.05) is 36.1 Å². The minimum Gasteiger partial charge on any atom is -0.299 e. The summed E-state index contributed by atoms with van der Waals surface area (Å²) in [5, 5.41) is 0. The highest BCUT2D eigenvalue weighted by molar-refractivity contribution is 5.81. The first kappa shape index (κ1) is 28.4. The minimum atomic E-state index is 0.464. The first-order valence-corrected chi connectivity index (χ1v) is 13.2. The first-order chi connectivity index (χ1) is 16.8. The molecule has 0 N–H and O–H groups in total. The van der Waals surface area contributed by atoms with Gasteiger partial charge < -0.3 is 0 Å². The van der Waals surface area contributed by atoms with E-state index in [4.69, 9.17) is 0 Å². The zero-order valence-corrected chi connectivity index (χ0v) is 22.5. The SMILES string of the molecule is C=C/C(=C(/C)N=C(C)C)C1CC1.CCCCC(=O)C1CCC1.Cc1cccc(-c2ccncc2)c1. The van der Waals surface area contributed by atoms with Crippen molar-refractivity contribution in [3.63, 3.8) is 0 Å². The number of nitrogens with zero attached hydrogens (tertiary/aromatic N) is 2. The van der Waals surface area contributed by atoms with Crippen molar-refractivity contribution in [3.05, 3.63) is 78.3 Å². The van der Waals surface area contributed by atoms with Crippen molar-refractivity contribution in [1.82, 2.24) is 4.98 Å². The molecular weight excluding hydrogens is 428 g/mol. The molecule has 0 saturated heterocycles. The highest BCUT2D eigenvalue weighted by atomic mass is 16.1. The lowest BCUT2D eigenvalue weighted by Gasteiger charge is -2.23. The van der Waals surface area contributed by atoms with Crippen LogP contribution in [0.5, 0.6) is 0 Å². The number of Topliss-reactive ketones (excluding diaryl/α,β-unsaturated/α-hetero) is 1. The van der Waals surface area contributed by atoms with Crippen LogP contribution in [0.2, 0.25) is 0 Å². The smallest absolute Gasteiger partial charge is 0.135 e. The molecule has 0 spiro atoms. The van der Waals surface area contributed by atoms with Crippen LogP contribution < -0.4 is 0 Å². The lowest BCUT2D eigenvalue weighted by molar-refractivity contribution is -0.125. The predicted molar refractivity (Wildman–Crippen MR) is 151 cm³/mol. The molecule has 1 aromatic heterocycles. The van der Waals surface area contributed by atoms with E-state index in [0.717, 1.165) is 36.6 Å². The Morgan fingerprint density at radius 2 is 1.71 bits per heavy atom. The van der Waals surface area contributed by atoms with Crippen LogP contribution in [-0.4, -0.2) is 16.5 Å². The van der Waals surface area contributed by atoms with Gasteiger partial charge in [-0.3, -0.25) is 14.8 Å². The fourth-order valence-corrected chi connectivity index (χ4v) is 4.06. The molecule has 0 amide bonds. The molecule has 1 heterocycles. The molecule has 0 radical (unpaired) electrons. The number of carbonyl (C=O) groups is 1. The molecule has 4 rings (SSSR count). The Balaban J connectivity index is 0.000000187. The number of unbranched alkanes of at least 4 members (excludes halogenated alkanes) is 1. The number of aryl methyl sites for hydroxylation is 1. The Morgan fingerprint density at radius 3 is 2.20 bits per heavy atom. The van der Waals surface area contributed by atoms with E-state index >= 15 is 0 Å². The number of carbonyl (C=O) groups excluding carboxylic acids is 1. The van der Waals surface area contributed by atoms with Gasteiger partial charge >= 0.3 is 0 Å². The Morgan fingerprint density at radius 1 is 1.03 bits per heavy atom. The summed E-state index contributed by atoms with van der Waals surface area (Å²) in [5.41, 5.74) is 7.37. The number of aromatic nitrogens is 1. The quantitative estimate of drug-likeness (QED) is 0.284. The third-order valence-electron chi connectivity index (χ3n) is 6.42. The number of allylic oxidation sites excluding steroid dienone is 3. The summed E-state index contributed by atoms with van der Waals surface area (Å²) in [7, 11) is 0. The summed E-state index contributed by atoms with van der Waals surface area (Å²) < 4.78 is 0. The van der Waals surface area contributed by atoms with Crippen LogP contribution in [0.15, 0.2) is 77.7 Å². The van der Waals surface area contributed by atoms with E-state index in [1.165, 1.54) is 54.4 Å². The van der Waals surface area contributed by atoms with Crippen molar-refractivity contribution in [2.24, 2.45) is 16.8 Å². The first-order valence-electron chi connectivity index (χ1n) is 13.2. The second kappa shape index (κ2) is 15.2. The Kier molecular flexibility index (Phi) is 12.4. The summed E-state index contributed by atoms with van der Waals surface area (Å²) in [6.07, 6.45) is 14.9. The van der Waals surface area contributed by atoms with Crippen molar-refractivity contribution >= 4 is 11.5 Å². The molecule has 0 atom stereocenters. The molecule has 3 heteroatoms. The van der Waals surface area contributed by atoms with Crippen LogP contribution in [0.3, 0.4) is 0 Å². The minimum absolute atomic E-state index is 0.464. The maximum absolute atomic E-state index is 11.2. The number of ketones is 1. The van der Waals surface area contributed by atoms with E-state index in [9.17, 15) is 4.79 Å². The highest BCUT2D eigenvalue weighted by Crippen LogP contribution is 2.38. The zero-order chi connectivity index (χ0) is 25.6. The van der Waals surface area contributed by atoms with Gasteiger partial charge in [-0.1, -0.05) is 62.2 Å². The van der Waals surface area contributed by atoms with E-state index in [0.29, 0.717) is 11.7 Å². The molecular formula is C32H44N2O. The van der Waals surface area contributed by atoms with Gasteiger partial charge in [0.25, 0.3) is 0 Å². The number of pyridine rings is 1. The largest absolute Gasteiger partial charge is 0.299 e. The third-order valence-corrected chi connectivity index (χ3v) is 6.42. The third kappa shape index (κ3) is 10.5. The lowest BCUT2D eigenvalue weighted by Crippen LogP contribution is -2.21. The molecule has 1 aromatic carbocycles. The van der Waals surface area contributed by atoms with E-state index in [1.807, 2.05) is 44.4 Å². The van der Waals surface area contributed by atoms with Gasteiger partial charge in [0.05, 0.1) is 0 Å². The number of hydrogen-bond donors (Lipinski definition) is 0. The van der Waals surface area contributed by atoms with E-state index < -0.39 is 0 Å². The average Bonchev–Trinajstić information content (AvgIpc) is 3.63. The van der Waals surface area contributed by atoms with Crippen LogP contribution in [0.25, 0.3) is 11.1 Å². The summed E-state index contributed by atoms with van der Waals surface area (Å²) in [6.45, 7) is 14.2. The van der Waals surface area contributed by atoms with Crippen LogP contribution in [0.1, 0.15) is 84.6 Å². The summed E-state index contributed by atoms with van der Waals surface area (Å²) in [5.74, 6) is 1.74. The second-order valence-corrected chi connectivity index (χ2v) is 9.88. The van der Waals surface area contributed by atoms with Gasteiger partial charge in [-0.05, 0) is 94.5 Å². The van der Waals surface area contributed by atoms with Crippen LogP contribution >= 0.6 is 0 Å². The molecule has 3 nitrogen and oxygen atoms in total. The summed E-state index contributed by atoms with van der Waals surface area (Å²) >= 11 is 0. The monoisotopic (exact) mass is 472 g/mol. The van der Waals surface area contributed by atoms with Gasteiger partial charge in [0.15, 0.2) is 0 Å². The fraction of sp³-hybridized carbons (Fsp3) is 0.469. The molecule has 188 valence electrons. The topological polar surface area (TPSA) is 42.3 Å². The maximum Gasteiger partial charge on any atom is 0.135 e. The summed E-state index contributed by atoms with van der Waals surface area (Å²) in [6, 6.07) is 12.5. The zero-order valence-electron chi connectivity index (χ0n) is 22.5. The van der Waals surface area contributed by atoms with Crippen molar-refractivity contribution in [2.45, 2.75) is 86.0 Å². The molecule has 2 aliphatic carbocycles. The second-order valence-electron chi connectivity index (χ2n) is 9.88. The van der Waals surface area contributed by atoms with Gasteiger partial charge in [0.1, 0.15) is 5.78 Å². The molecule has 0 unspecified atom stereocenters. The molecule has 0 bridgehead atoms. The van der Waals surface area contributed by atoms with Gasteiger partial charge in [-0.2, -0.15) is 0 Å². The molecule has 35 heavy (non-hydrogen) atoms. The van der Waals surface area contributed by atoms with E-state index in [2.05, 4.69) is 61.6 Å². The predicted octanol–water partition coefficient (Wildman–Crippen LogP) is 8.94. The van der Waals surface area contributed by atoms with Gasteiger partial charge in [-0.25, -0.2) is 0 Å². The maximum atomic E-state index is 11.2. The van der Waals surface area contributed by atoms with Crippen molar-refractivity contribution < 1.29 is 4.79 Å². The number of hydrogen-bond acceptors (Lipinski definition) is 3. The molecule has 0 aliphatic heterocycles. The highest BCUT2D eigenvalue weighted by Gasteiger charge is 2.25. The summed E-state index contributed by atoms with van der Waals surface area (Å²) in [4.78, 5) is 19.6. The van der Waals surface area contributed by atoms with Gasteiger partial charge in [0.2, 0.25) is 0 Å². The van der Waals surface area contributed by atoms with E-state index in [-0.39, 0.29) is 0 Å². The van der Waals surface area contributed by atoms with Crippen molar-refractivity contribution in [3.8, 4) is 11.1 Å². The van der Waals surface area contributed by atoms with Gasteiger partial charge in [-0.15, -0.1) is 0 Å². The van der Waals surface area contributed by atoms with Crippen molar-refractivity contribution in [1.29, 1.82) is 0 Å². The normalized spacial score (nSPS) is 15.2. The molecule has 2 saturated carbocycles. The number of rotatable bonds is 8. The molecule has 2 fully saturated rings. The van der Waals surface area contributed by atoms with Crippen LogP contribution in [0.4, 0.5) is 0 Å². The van der Waals surface area contributed by atoms with Crippen LogP contribution in [-0.2, 0) is 4.79 Å². The van der Waals surface area contributed by atoms with Crippen LogP contribution in [0, 0.1) is 18.8 Å². The molecule has 2 aliphatic rings. The Bertz CT molecular complexity index is 991. The fourth-order valence-electron chi connectivity index (χ4n) is 4.06. The van der Waals surface area contributed by atoms with E-state index in [1.54, 1.807) is 0 Å². The van der Waals surface area contributed by atoms with Crippen molar-refractivity contribution in [2.75, 3.05) is 0 Å². The molecule has 2 aromatic rings. The number of benzene rings is 1. The standard InChI is InChI=1S/C12H11N.C11H17N.C9H16O/c1-10-3-2-4-12(9-10)11-5-7-13-8-6-11;1-5-11(10-6-7-10)9(4)12-8(2)3;1-2-3-7-9(10)8-5-4-6-8/h2-9H,1H3;5,10H,1,6-7H2,2-4H3;8H,2-7H2,1H3/b;11-9+;. The number of aliphatic imine (C=N–C) groups is 1. The Hall–Kier alpha value is -2.81. The Labute approximate surface area is 213 Å². The average molecular weight is 473 g/mol.